The predicted octanol–water partition coefficient (Wildman–Crippen LogP) is 4.72. The van der Waals surface area contributed by atoms with Gasteiger partial charge in [-0.05, 0) is 43.0 Å². The lowest BCUT2D eigenvalue weighted by molar-refractivity contribution is 0.0979. The van der Waals surface area contributed by atoms with E-state index in [2.05, 4.69) is 6.92 Å². The van der Waals surface area contributed by atoms with Gasteiger partial charge in [0.25, 0.3) is 0 Å². The molecule has 1 heterocycles. The molecule has 23 heavy (non-hydrogen) atoms. The van der Waals surface area contributed by atoms with Crippen molar-refractivity contribution in [1.29, 1.82) is 0 Å². The second-order valence-corrected chi connectivity index (χ2v) is 6.98. The number of aryl methyl sites for hydroxylation is 1. The monoisotopic (exact) mass is 328 g/mol. The molecule has 0 aromatic heterocycles. The topological polar surface area (TPSA) is 57.5 Å². The molecule has 0 unspecified atom stereocenters. The zero-order chi connectivity index (χ0) is 16.4. The van der Waals surface area contributed by atoms with Crippen LogP contribution in [-0.4, -0.2) is 16.0 Å². The number of unbranched alkanes of at least 4 members (excludes halogenated alkanes) is 1. The van der Waals surface area contributed by atoms with Crippen LogP contribution in [0.3, 0.4) is 0 Å². The molecule has 0 bridgehead atoms. The van der Waals surface area contributed by atoms with E-state index in [4.69, 9.17) is 0 Å². The zero-order valence-electron chi connectivity index (χ0n) is 13.1. The SMILES string of the molecule is CCCCC(=O)c1ccc2c(c1)CCc1c(O)cc(O)cc1S2. The molecule has 3 rings (SSSR count). The lowest BCUT2D eigenvalue weighted by Gasteiger charge is -2.09. The van der Waals surface area contributed by atoms with Crippen molar-refractivity contribution in [2.24, 2.45) is 0 Å². The largest absolute Gasteiger partial charge is 0.508 e. The average Bonchev–Trinajstić information content (AvgIpc) is 2.70. The molecule has 0 fully saturated rings. The number of rotatable bonds is 4. The van der Waals surface area contributed by atoms with Crippen molar-refractivity contribution in [3.63, 3.8) is 0 Å². The number of phenolic OH excluding ortho intramolecular Hbond substituents is 2. The average molecular weight is 328 g/mol. The van der Waals surface area contributed by atoms with Gasteiger partial charge in [-0.2, -0.15) is 0 Å². The number of ketones is 1. The smallest absolute Gasteiger partial charge is 0.162 e. The molecule has 0 amide bonds. The van der Waals surface area contributed by atoms with Crippen LogP contribution < -0.4 is 0 Å². The van der Waals surface area contributed by atoms with E-state index in [1.54, 1.807) is 6.07 Å². The summed E-state index contributed by atoms with van der Waals surface area (Å²) in [6.45, 7) is 2.08. The van der Waals surface area contributed by atoms with E-state index in [-0.39, 0.29) is 17.3 Å². The lowest BCUT2D eigenvalue weighted by Crippen LogP contribution is -2.01. The first-order chi connectivity index (χ1) is 11.1. The van der Waals surface area contributed by atoms with E-state index in [1.165, 1.54) is 17.8 Å². The van der Waals surface area contributed by atoms with Crippen molar-refractivity contribution in [2.45, 2.75) is 48.8 Å². The molecule has 0 saturated carbocycles. The number of carbonyl (C=O) groups is 1. The minimum Gasteiger partial charge on any atom is -0.508 e. The quantitative estimate of drug-likeness (QED) is 0.797. The van der Waals surface area contributed by atoms with Gasteiger partial charge in [-0.15, -0.1) is 0 Å². The van der Waals surface area contributed by atoms with Crippen LogP contribution in [0.15, 0.2) is 40.1 Å². The number of carbonyl (C=O) groups excluding carboxylic acids is 1. The predicted molar refractivity (Wildman–Crippen MR) is 91.6 cm³/mol. The highest BCUT2D eigenvalue weighted by Gasteiger charge is 2.19. The van der Waals surface area contributed by atoms with Crippen LogP contribution in [0, 0.1) is 0 Å². The first-order valence-electron chi connectivity index (χ1n) is 7.97. The van der Waals surface area contributed by atoms with Gasteiger partial charge in [-0.3, -0.25) is 4.79 Å². The van der Waals surface area contributed by atoms with Gasteiger partial charge in [0.1, 0.15) is 11.5 Å². The molecule has 120 valence electrons. The van der Waals surface area contributed by atoms with Gasteiger partial charge in [0.05, 0.1) is 0 Å². The van der Waals surface area contributed by atoms with E-state index < -0.39 is 0 Å². The minimum absolute atomic E-state index is 0.0727. The molecule has 1 aliphatic heterocycles. The Balaban J connectivity index is 1.91. The summed E-state index contributed by atoms with van der Waals surface area (Å²) in [5.74, 6) is 0.407. The molecule has 2 N–H and O–H groups in total. The second-order valence-electron chi connectivity index (χ2n) is 5.89. The van der Waals surface area contributed by atoms with Gasteiger partial charge in [0, 0.05) is 33.4 Å². The zero-order valence-corrected chi connectivity index (χ0v) is 13.9. The Morgan fingerprint density at radius 1 is 1.13 bits per heavy atom. The van der Waals surface area contributed by atoms with Crippen LogP contribution in [0.4, 0.5) is 0 Å². The Bertz CT molecular complexity index is 753. The normalized spacial score (nSPS) is 13.1. The van der Waals surface area contributed by atoms with Gasteiger partial charge in [0.15, 0.2) is 5.78 Å². The number of fused-ring (bicyclic) bond motifs is 2. The van der Waals surface area contributed by atoms with E-state index in [9.17, 15) is 15.0 Å². The molecule has 2 aromatic carbocycles. The van der Waals surface area contributed by atoms with Crippen LogP contribution in [0.5, 0.6) is 11.5 Å². The maximum Gasteiger partial charge on any atom is 0.162 e. The Kier molecular flexibility index (Phi) is 4.62. The van der Waals surface area contributed by atoms with Gasteiger partial charge < -0.3 is 10.2 Å². The van der Waals surface area contributed by atoms with Crippen LogP contribution in [0.1, 0.15) is 47.7 Å². The second kappa shape index (κ2) is 6.67. The summed E-state index contributed by atoms with van der Waals surface area (Å²) in [5.41, 5.74) is 2.77. The molecular weight excluding hydrogens is 308 g/mol. The summed E-state index contributed by atoms with van der Waals surface area (Å²) < 4.78 is 0. The molecule has 4 heteroatoms. The molecule has 0 atom stereocenters. The maximum atomic E-state index is 12.2. The molecule has 3 nitrogen and oxygen atoms in total. The number of benzene rings is 2. The summed E-state index contributed by atoms with van der Waals surface area (Å²) in [6, 6.07) is 8.93. The highest BCUT2D eigenvalue weighted by Crippen LogP contribution is 2.42. The fourth-order valence-electron chi connectivity index (χ4n) is 2.87. The third-order valence-electron chi connectivity index (χ3n) is 4.17. The van der Waals surface area contributed by atoms with Gasteiger partial charge >= 0.3 is 0 Å². The van der Waals surface area contributed by atoms with Crippen molar-refractivity contribution in [3.8, 4) is 11.5 Å². The number of hydrogen-bond donors (Lipinski definition) is 2. The number of aromatic hydroxyl groups is 2. The maximum absolute atomic E-state index is 12.2. The van der Waals surface area contributed by atoms with Crippen molar-refractivity contribution >= 4 is 17.5 Å². The summed E-state index contributed by atoms with van der Waals surface area (Å²) in [7, 11) is 0. The number of phenols is 2. The van der Waals surface area contributed by atoms with Crippen LogP contribution in [0.25, 0.3) is 0 Å². The van der Waals surface area contributed by atoms with E-state index in [1.807, 2.05) is 18.2 Å². The van der Waals surface area contributed by atoms with Crippen LogP contribution >= 0.6 is 11.8 Å². The molecule has 0 aliphatic carbocycles. The highest BCUT2D eigenvalue weighted by molar-refractivity contribution is 7.99. The van der Waals surface area contributed by atoms with Crippen molar-refractivity contribution in [2.75, 3.05) is 0 Å². The highest BCUT2D eigenvalue weighted by atomic mass is 32.2. The number of hydrogen-bond acceptors (Lipinski definition) is 4. The molecule has 0 radical (unpaired) electrons. The number of Topliss-reactive ketones (excluding diaryl/α,β-unsaturated/α-hetero) is 1. The van der Waals surface area contributed by atoms with E-state index >= 15 is 0 Å². The molecule has 0 saturated heterocycles. The fourth-order valence-corrected chi connectivity index (χ4v) is 4.04. The standard InChI is InChI=1S/C19H20O3S/c1-2-3-4-16(21)12-6-8-18-13(9-12)5-7-15-17(22)10-14(20)11-19(15)23-18/h6,8-11,20,22H,2-5,7H2,1H3. The first-order valence-corrected chi connectivity index (χ1v) is 8.79. The Morgan fingerprint density at radius 3 is 2.74 bits per heavy atom. The van der Waals surface area contributed by atoms with E-state index in [0.717, 1.165) is 45.7 Å². The Labute approximate surface area is 140 Å². The fraction of sp³-hybridized carbons (Fsp3) is 0.316. The summed E-state index contributed by atoms with van der Waals surface area (Å²) in [4.78, 5) is 14.2. The lowest BCUT2D eigenvalue weighted by atomic mass is 9.99. The summed E-state index contributed by atoms with van der Waals surface area (Å²) in [5, 5.41) is 19.7. The van der Waals surface area contributed by atoms with E-state index in [0.29, 0.717) is 12.8 Å². The van der Waals surface area contributed by atoms with Crippen molar-refractivity contribution < 1.29 is 15.0 Å². The van der Waals surface area contributed by atoms with Crippen LogP contribution in [-0.2, 0) is 12.8 Å². The molecule has 2 aromatic rings. The van der Waals surface area contributed by atoms with Crippen LogP contribution in [0.2, 0.25) is 0 Å². The Morgan fingerprint density at radius 2 is 1.96 bits per heavy atom. The minimum atomic E-state index is 0.0727. The van der Waals surface area contributed by atoms with Gasteiger partial charge in [-0.1, -0.05) is 31.2 Å². The third-order valence-corrected chi connectivity index (χ3v) is 5.38. The first kappa shape index (κ1) is 15.9. The molecule has 0 spiro atoms. The summed E-state index contributed by atoms with van der Waals surface area (Å²) in [6.07, 6.45) is 4.02. The summed E-state index contributed by atoms with van der Waals surface area (Å²) >= 11 is 1.54. The Hall–Kier alpha value is -1.94. The van der Waals surface area contributed by atoms with Crippen molar-refractivity contribution in [1.82, 2.24) is 0 Å². The third kappa shape index (κ3) is 3.37. The molecular formula is C19H20O3S. The van der Waals surface area contributed by atoms with Gasteiger partial charge in [-0.25, -0.2) is 0 Å². The molecule has 1 aliphatic rings. The van der Waals surface area contributed by atoms with Crippen molar-refractivity contribution in [3.05, 3.63) is 47.0 Å². The van der Waals surface area contributed by atoms with Gasteiger partial charge in [0.2, 0.25) is 0 Å².